The summed E-state index contributed by atoms with van der Waals surface area (Å²) >= 11 is 0. The van der Waals surface area contributed by atoms with E-state index in [1.165, 1.54) is 5.70 Å². The summed E-state index contributed by atoms with van der Waals surface area (Å²) in [4.78, 5) is 13.8. The van der Waals surface area contributed by atoms with Crippen molar-refractivity contribution < 1.29 is 4.79 Å². The zero-order valence-electron chi connectivity index (χ0n) is 11.4. The van der Waals surface area contributed by atoms with E-state index in [2.05, 4.69) is 17.9 Å². The van der Waals surface area contributed by atoms with Crippen LogP contribution >= 0.6 is 0 Å². The molecule has 3 heteroatoms. The second-order valence-corrected chi connectivity index (χ2v) is 5.02. The van der Waals surface area contributed by atoms with Crippen LogP contribution in [0.1, 0.15) is 52.9 Å². The van der Waals surface area contributed by atoms with E-state index in [9.17, 15) is 4.79 Å². The Bertz CT molecular complexity index is 284. The van der Waals surface area contributed by atoms with Crippen LogP contribution in [0.15, 0.2) is 11.8 Å². The van der Waals surface area contributed by atoms with E-state index in [4.69, 9.17) is 5.73 Å². The number of hydrogen-bond acceptors (Lipinski definition) is 3. The van der Waals surface area contributed by atoms with Crippen LogP contribution in [0.25, 0.3) is 0 Å². The van der Waals surface area contributed by atoms with Gasteiger partial charge in [0.05, 0.1) is 0 Å². The monoisotopic (exact) mass is 238 g/mol. The maximum Gasteiger partial charge on any atom is 0.133 e. The van der Waals surface area contributed by atoms with E-state index in [0.29, 0.717) is 24.7 Å². The van der Waals surface area contributed by atoms with Gasteiger partial charge in [0.25, 0.3) is 0 Å². The molecule has 1 rings (SSSR count). The van der Waals surface area contributed by atoms with Crippen LogP contribution in [0.5, 0.6) is 0 Å². The molecule has 0 aromatic heterocycles. The molecule has 0 amide bonds. The lowest BCUT2D eigenvalue weighted by atomic mass is 10.1. The van der Waals surface area contributed by atoms with E-state index < -0.39 is 0 Å². The number of nitrogens with zero attached hydrogens (tertiary/aromatic N) is 1. The highest BCUT2D eigenvalue weighted by molar-refractivity contribution is 5.78. The number of allylic oxidation sites excluding steroid dienone is 1. The summed E-state index contributed by atoms with van der Waals surface area (Å²) < 4.78 is 0. The number of ketones is 1. The fourth-order valence-electron chi connectivity index (χ4n) is 2.40. The Morgan fingerprint density at radius 2 is 2.29 bits per heavy atom. The van der Waals surface area contributed by atoms with E-state index in [1.807, 2.05) is 13.8 Å². The van der Waals surface area contributed by atoms with Crippen molar-refractivity contribution in [3.8, 4) is 0 Å². The van der Waals surface area contributed by atoms with Crippen molar-refractivity contribution in [1.29, 1.82) is 0 Å². The smallest absolute Gasteiger partial charge is 0.133 e. The van der Waals surface area contributed by atoms with Gasteiger partial charge in [-0.3, -0.25) is 4.79 Å². The predicted octanol–water partition coefficient (Wildman–Crippen LogP) is 2.46. The Kier molecular flexibility index (Phi) is 5.69. The van der Waals surface area contributed by atoms with Crippen LogP contribution in [0.3, 0.4) is 0 Å². The van der Waals surface area contributed by atoms with Crippen LogP contribution in [0.4, 0.5) is 0 Å². The van der Waals surface area contributed by atoms with Crippen LogP contribution < -0.4 is 5.73 Å². The van der Waals surface area contributed by atoms with Gasteiger partial charge in [-0.2, -0.15) is 0 Å². The number of carbonyl (C=O) groups is 1. The normalized spacial score (nSPS) is 21.5. The van der Waals surface area contributed by atoms with Crippen LogP contribution in [-0.4, -0.2) is 29.3 Å². The van der Waals surface area contributed by atoms with Crippen LogP contribution in [0, 0.1) is 0 Å². The molecule has 3 nitrogen and oxygen atoms in total. The van der Waals surface area contributed by atoms with E-state index in [0.717, 1.165) is 25.8 Å². The number of Topliss-reactive ketones (excluding diaryl/α,β-unsaturated/α-hetero) is 1. The molecule has 1 aliphatic rings. The van der Waals surface area contributed by atoms with Gasteiger partial charge in [0, 0.05) is 37.2 Å². The van der Waals surface area contributed by atoms with E-state index in [-0.39, 0.29) is 6.04 Å². The number of carbonyl (C=O) groups excluding carboxylic acids is 1. The van der Waals surface area contributed by atoms with Crippen molar-refractivity contribution in [3.05, 3.63) is 11.8 Å². The molecule has 0 aliphatic carbocycles. The first-order chi connectivity index (χ1) is 8.08. The highest BCUT2D eigenvalue weighted by atomic mass is 16.1. The minimum absolute atomic E-state index is 0.187. The van der Waals surface area contributed by atoms with Crippen molar-refractivity contribution in [2.75, 3.05) is 6.54 Å². The van der Waals surface area contributed by atoms with Crippen molar-refractivity contribution >= 4 is 5.78 Å². The highest BCUT2D eigenvalue weighted by Gasteiger charge is 2.24. The molecular weight excluding hydrogens is 212 g/mol. The first-order valence-corrected chi connectivity index (χ1v) is 6.81. The molecule has 98 valence electrons. The number of hydrogen-bond donors (Lipinski definition) is 1. The molecule has 2 atom stereocenters. The molecule has 1 heterocycles. The average molecular weight is 238 g/mol. The van der Waals surface area contributed by atoms with Gasteiger partial charge in [-0.15, -0.1) is 0 Å². The zero-order chi connectivity index (χ0) is 12.8. The lowest BCUT2D eigenvalue weighted by Gasteiger charge is -2.31. The van der Waals surface area contributed by atoms with Gasteiger partial charge in [-0.1, -0.05) is 19.9 Å². The fraction of sp³-hybridized carbons (Fsp3) is 0.786. The summed E-state index contributed by atoms with van der Waals surface area (Å²) in [6, 6.07) is 0.778. The standard InChI is InChI=1S/C14H26N2O/c1-4-12-6-7-13(8-9-14(17)5-2)16(12)10-11(3)15/h7,11-12H,4-6,8-10,15H2,1-3H3. The summed E-state index contributed by atoms with van der Waals surface area (Å²) in [5.74, 6) is 0.353. The van der Waals surface area contributed by atoms with Crippen LogP contribution in [-0.2, 0) is 4.79 Å². The Balaban J connectivity index is 2.54. The fourth-order valence-corrected chi connectivity index (χ4v) is 2.40. The predicted molar refractivity (Wildman–Crippen MR) is 71.7 cm³/mol. The second kappa shape index (κ2) is 6.80. The van der Waals surface area contributed by atoms with E-state index in [1.54, 1.807) is 0 Å². The minimum Gasteiger partial charge on any atom is -0.370 e. The first kappa shape index (κ1) is 14.2. The third kappa shape index (κ3) is 4.15. The minimum atomic E-state index is 0.187. The van der Waals surface area contributed by atoms with Crippen molar-refractivity contribution in [2.24, 2.45) is 5.73 Å². The Morgan fingerprint density at radius 3 is 2.82 bits per heavy atom. The average Bonchev–Trinajstić information content (AvgIpc) is 2.67. The summed E-state index contributed by atoms with van der Waals surface area (Å²) in [6.45, 7) is 7.09. The molecule has 17 heavy (non-hydrogen) atoms. The summed E-state index contributed by atoms with van der Waals surface area (Å²) in [5, 5.41) is 0. The Hall–Kier alpha value is -0.830. The summed E-state index contributed by atoms with van der Waals surface area (Å²) in [6.07, 6.45) is 6.76. The molecule has 0 radical (unpaired) electrons. The third-order valence-electron chi connectivity index (χ3n) is 3.45. The van der Waals surface area contributed by atoms with Crippen molar-refractivity contribution in [1.82, 2.24) is 4.90 Å². The molecule has 0 aromatic rings. The molecule has 0 saturated carbocycles. The molecule has 0 spiro atoms. The Morgan fingerprint density at radius 1 is 1.59 bits per heavy atom. The van der Waals surface area contributed by atoms with Gasteiger partial charge in [0.15, 0.2) is 0 Å². The molecule has 0 saturated heterocycles. The largest absolute Gasteiger partial charge is 0.370 e. The zero-order valence-corrected chi connectivity index (χ0v) is 11.4. The van der Waals surface area contributed by atoms with Crippen LogP contribution in [0.2, 0.25) is 0 Å². The lowest BCUT2D eigenvalue weighted by molar-refractivity contribution is -0.118. The summed E-state index contributed by atoms with van der Waals surface area (Å²) in [7, 11) is 0. The third-order valence-corrected chi connectivity index (χ3v) is 3.45. The topological polar surface area (TPSA) is 46.3 Å². The molecule has 0 bridgehead atoms. The maximum atomic E-state index is 11.4. The van der Waals surface area contributed by atoms with Gasteiger partial charge in [-0.25, -0.2) is 0 Å². The van der Waals surface area contributed by atoms with Gasteiger partial charge in [-0.05, 0) is 26.2 Å². The Labute approximate surface area is 105 Å². The quantitative estimate of drug-likeness (QED) is 0.741. The van der Waals surface area contributed by atoms with Crippen molar-refractivity contribution in [2.45, 2.75) is 65.0 Å². The van der Waals surface area contributed by atoms with Gasteiger partial charge < -0.3 is 10.6 Å². The SMILES string of the molecule is CCC(=O)CCC1=CCC(CC)N1CC(C)N. The maximum absolute atomic E-state index is 11.4. The van der Waals surface area contributed by atoms with Crippen molar-refractivity contribution in [3.63, 3.8) is 0 Å². The molecule has 2 N–H and O–H groups in total. The number of rotatable bonds is 7. The number of nitrogens with two attached hydrogens (primary N) is 1. The first-order valence-electron chi connectivity index (χ1n) is 6.81. The van der Waals surface area contributed by atoms with Gasteiger partial charge >= 0.3 is 0 Å². The van der Waals surface area contributed by atoms with Gasteiger partial charge in [0.2, 0.25) is 0 Å². The summed E-state index contributed by atoms with van der Waals surface area (Å²) in [5.41, 5.74) is 7.23. The second-order valence-electron chi connectivity index (χ2n) is 5.02. The van der Waals surface area contributed by atoms with Gasteiger partial charge in [0.1, 0.15) is 5.78 Å². The highest BCUT2D eigenvalue weighted by Crippen LogP contribution is 2.27. The molecule has 0 fully saturated rings. The molecule has 1 aliphatic heterocycles. The molecular formula is C14H26N2O. The van der Waals surface area contributed by atoms with E-state index >= 15 is 0 Å². The molecule has 0 aromatic carbocycles. The molecule has 2 unspecified atom stereocenters. The lowest BCUT2D eigenvalue weighted by Crippen LogP contribution is -2.38.